The molecule has 1 amide bonds. The first-order valence-corrected chi connectivity index (χ1v) is 6.41. The van der Waals surface area contributed by atoms with E-state index >= 15 is 0 Å². The fourth-order valence-electron chi connectivity index (χ4n) is 1.74. The molecule has 0 atom stereocenters. The third kappa shape index (κ3) is 3.26. The number of primary amides is 1. The number of benzene rings is 1. The van der Waals surface area contributed by atoms with Gasteiger partial charge >= 0.3 is 0 Å². The molecule has 0 aliphatic heterocycles. The van der Waals surface area contributed by atoms with E-state index in [1.54, 1.807) is 31.3 Å². The Morgan fingerprint density at radius 2 is 1.91 bits per heavy atom. The quantitative estimate of drug-likeness (QED) is 0.607. The summed E-state index contributed by atoms with van der Waals surface area (Å²) in [4.78, 5) is 34.7. The number of amides is 1. The number of hydrogen-bond donors (Lipinski definition) is 2. The molecular formula is C15H14N4O3. The van der Waals surface area contributed by atoms with Crippen LogP contribution < -0.4 is 16.5 Å². The highest BCUT2D eigenvalue weighted by Crippen LogP contribution is 2.08. The first kappa shape index (κ1) is 15.2. The third-order valence-corrected chi connectivity index (χ3v) is 2.86. The van der Waals surface area contributed by atoms with Crippen molar-refractivity contribution < 1.29 is 9.59 Å². The van der Waals surface area contributed by atoms with Gasteiger partial charge in [-0.15, -0.1) is 0 Å². The molecule has 1 heterocycles. The van der Waals surface area contributed by atoms with E-state index in [9.17, 15) is 14.4 Å². The lowest BCUT2D eigenvalue weighted by atomic mass is 10.2. The summed E-state index contributed by atoms with van der Waals surface area (Å²) in [5.41, 5.74) is 5.48. The van der Waals surface area contributed by atoms with Gasteiger partial charge < -0.3 is 11.1 Å². The smallest absolute Gasteiger partial charge is 0.248 e. The lowest BCUT2D eigenvalue weighted by Gasteiger charge is -2.06. The van der Waals surface area contributed by atoms with Crippen molar-refractivity contribution in [3.63, 3.8) is 0 Å². The highest BCUT2D eigenvalue weighted by molar-refractivity contribution is 6.02. The Morgan fingerprint density at radius 3 is 2.50 bits per heavy atom. The second kappa shape index (κ2) is 6.49. The summed E-state index contributed by atoms with van der Waals surface area (Å²) in [5.74, 6) is -1.03. The molecule has 2 aromatic rings. The number of carbonyl (C=O) groups excluding carboxylic acids is 2. The van der Waals surface area contributed by atoms with Crippen molar-refractivity contribution in [2.45, 2.75) is 0 Å². The van der Waals surface area contributed by atoms with Crippen LogP contribution in [0.4, 0.5) is 0 Å². The van der Waals surface area contributed by atoms with Crippen LogP contribution in [0.1, 0.15) is 20.8 Å². The van der Waals surface area contributed by atoms with E-state index in [-0.39, 0.29) is 5.69 Å². The van der Waals surface area contributed by atoms with Crippen LogP contribution in [0.3, 0.4) is 0 Å². The monoisotopic (exact) mass is 298 g/mol. The first-order valence-electron chi connectivity index (χ1n) is 6.41. The number of nitrogens with zero attached hydrogens (tertiary/aromatic N) is 2. The topological polar surface area (TPSA) is 107 Å². The van der Waals surface area contributed by atoms with Gasteiger partial charge in [-0.1, -0.05) is 0 Å². The fraction of sp³-hybridized carbons (Fsp3) is 0.0667. The summed E-state index contributed by atoms with van der Waals surface area (Å²) in [7, 11) is 1.64. The van der Waals surface area contributed by atoms with Gasteiger partial charge in [0, 0.05) is 37.2 Å². The molecule has 22 heavy (non-hydrogen) atoms. The van der Waals surface area contributed by atoms with Crippen molar-refractivity contribution in [2.75, 3.05) is 7.05 Å². The second-order valence-electron chi connectivity index (χ2n) is 4.37. The molecule has 0 aliphatic carbocycles. The van der Waals surface area contributed by atoms with Gasteiger partial charge in [-0.05, 0) is 24.3 Å². The molecule has 3 N–H and O–H groups in total. The summed E-state index contributed by atoms with van der Waals surface area (Å²) in [5, 5.41) is 6.70. The molecule has 2 rings (SSSR count). The van der Waals surface area contributed by atoms with Gasteiger partial charge in [0.25, 0.3) is 0 Å². The van der Waals surface area contributed by atoms with Crippen LogP contribution in [0, 0.1) is 0 Å². The van der Waals surface area contributed by atoms with Crippen LogP contribution in [0.5, 0.6) is 0 Å². The summed E-state index contributed by atoms with van der Waals surface area (Å²) < 4.78 is 1.38. The molecule has 0 bridgehead atoms. The molecule has 1 aromatic heterocycles. The Balaban J connectivity index is 2.40. The Hall–Kier alpha value is -3.22. The Kier molecular flexibility index (Phi) is 4.47. The summed E-state index contributed by atoms with van der Waals surface area (Å²) >= 11 is 0. The molecule has 112 valence electrons. The van der Waals surface area contributed by atoms with Crippen LogP contribution in [0.25, 0.3) is 5.69 Å². The third-order valence-electron chi connectivity index (χ3n) is 2.86. The average molecular weight is 298 g/mol. The number of nitrogens with two attached hydrogens (primary N) is 1. The molecule has 0 spiro atoms. The molecule has 0 aliphatic rings. The minimum atomic E-state index is -0.535. The molecule has 0 fully saturated rings. The zero-order chi connectivity index (χ0) is 16.1. The fourth-order valence-corrected chi connectivity index (χ4v) is 1.74. The van der Waals surface area contributed by atoms with E-state index in [1.165, 1.54) is 29.2 Å². The molecule has 0 unspecified atom stereocenters. The van der Waals surface area contributed by atoms with Gasteiger partial charge in [-0.2, -0.15) is 5.10 Å². The summed E-state index contributed by atoms with van der Waals surface area (Å²) in [6, 6.07) is 7.58. The highest BCUT2D eigenvalue weighted by atomic mass is 16.1. The minimum Gasteiger partial charge on any atom is -0.394 e. The molecule has 0 radical (unpaired) electrons. The molecular weight excluding hydrogens is 284 g/mol. The Bertz CT molecular complexity index is 791. The van der Waals surface area contributed by atoms with Gasteiger partial charge in [-0.3, -0.25) is 14.4 Å². The lowest BCUT2D eigenvalue weighted by Crippen LogP contribution is -2.20. The van der Waals surface area contributed by atoms with Gasteiger partial charge in [0.15, 0.2) is 5.69 Å². The van der Waals surface area contributed by atoms with Gasteiger partial charge in [0.2, 0.25) is 17.1 Å². The Morgan fingerprint density at radius 1 is 1.23 bits per heavy atom. The average Bonchev–Trinajstić information content (AvgIpc) is 2.53. The summed E-state index contributed by atoms with van der Waals surface area (Å²) in [6.07, 6.45) is 4.09. The van der Waals surface area contributed by atoms with Gasteiger partial charge in [-0.25, -0.2) is 4.68 Å². The number of hydrogen-bond acceptors (Lipinski definition) is 5. The molecule has 0 saturated carbocycles. The summed E-state index contributed by atoms with van der Waals surface area (Å²) in [6.45, 7) is 0. The van der Waals surface area contributed by atoms with Crippen LogP contribution in [0.2, 0.25) is 0 Å². The van der Waals surface area contributed by atoms with Crippen molar-refractivity contribution in [1.29, 1.82) is 0 Å². The SMILES string of the molecule is CNC=CC(=O)c1nn(-c2ccc(C(N)=O)cc2)ccc1=O. The number of nitrogens with one attached hydrogen (secondary N) is 1. The van der Waals surface area contributed by atoms with Crippen LogP contribution in [0.15, 0.2) is 53.6 Å². The maximum atomic E-state index is 11.9. The molecule has 7 nitrogen and oxygen atoms in total. The van der Waals surface area contributed by atoms with E-state index in [1.807, 2.05) is 0 Å². The first-order chi connectivity index (χ1) is 10.5. The predicted octanol–water partition coefficient (Wildman–Crippen LogP) is 0.247. The highest BCUT2D eigenvalue weighted by Gasteiger charge is 2.10. The number of aromatic nitrogens is 2. The standard InChI is InChI=1S/C15H14N4O3/c1-17-8-6-12(20)14-13(21)7-9-19(18-14)11-4-2-10(3-5-11)15(16)22/h2-9,17H,1H3,(H2,16,22). The minimum absolute atomic E-state index is 0.187. The second-order valence-corrected chi connectivity index (χ2v) is 4.37. The number of rotatable bonds is 5. The van der Waals surface area contributed by atoms with Gasteiger partial charge in [0.1, 0.15) is 0 Å². The van der Waals surface area contributed by atoms with Crippen LogP contribution in [-0.2, 0) is 0 Å². The van der Waals surface area contributed by atoms with Crippen molar-refractivity contribution in [3.05, 3.63) is 70.3 Å². The molecule has 7 heteroatoms. The van der Waals surface area contributed by atoms with Gasteiger partial charge in [0.05, 0.1) is 5.69 Å². The van der Waals surface area contributed by atoms with E-state index in [4.69, 9.17) is 5.73 Å². The Labute approximate surface area is 126 Å². The van der Waals surface area contributed by atoms with E-state index < -0.39 is 17.1 Å². The van der Waals surface area contributed by atoms with Crippen molar-refractivity contribution in [2.24, 2.45) is 5.73 Å². The zero-order valence-electron chi connectivity index (χ0n) is 11.8. The zero-order valence-corrected chi connectivity index (χ0v) is 11.8. The number of ketones is 1. The van der Waals surface area contributed by atoms with Crippen molar-refractivity contribution >= 4 is 11.7 Å². The largest absolute Gasteiger partial charge is 0.394 e. The molecule has 1 aromatic carbocycles. The maximum Gasteiger partial charge on any atom is 0.248 e. The number of allylic oxidation sites excluding steroid dienone is 1. The van der Waals surface area contributed by atoms with Crippen molar-refractivity contribution in [3.8, 4) is 5.69 Å². The predicted molar refractivity (Wildman–Crippen MR) is 80.9 cm³/mol. The van der Waals surface area contributed by atoms with Crippen molar-refractivity contribution in [1.82, 2.24) is 15.1 Å². The van der Waals surface area contributed by atoms with E-state index in [0.717, 1.165) is 0 Å². The lowest BCUT2D eigenvalue weighted by molar-refractivity contribution is 0.0998. The van der Waals surface area contributed by atoms with Crippen LogP contribution in [-0.4, -0.2) is 28.5 Å². The maximum absolute atomic E-state index is 11.9. The van der Waals surface area contributed by atoms with Crippen LogP contribution >= 0.6 is 0 Å². The normalized spacial score (nSPS) is 10.6. The molecule has 0 saturated heterocycles. The van der Waals surface area contributed by atoms with E-state index in [2.05, 4.69) is 10.4 Å². The van der Waals surface area contributed by atoms with E-state index in [0.29, 0.717) is 11.3 Å². The number of carbonyl (C=O) groups is 2.